The lowest BCUT2D eigenvalue weighted by Crippen LogP contribution is -2.21. The molecule has 2 heterocycles. The maximum atomic E-state index is 2.58. The molecule has 0 unspecified atom stereocenters. The van der Waals surface area contributed by atoms with Crippen LogP contribution in [0.15, 0.2) is 54.6 Å². The first-order chi connectivity index (χ1) is 11.3. The van der Waals surface area contributed by atoms with Gasteiger partial charge in [0.15, 0.2) is 0 Å². The molecule has 1 aliphatic rings. The second-order valence-corrected chi connectivity index (χ2v) is 6.63. The van der Waals surface area contributed by atoms with Crippen LogP contribution in [0.1, 0.15) is 16.8 Å². The van der Waals surface area contributed by atoms with E-state index in [1.54, 1.807) is 11.3 Å². The molecule has 23 heavy (non-hydrogen) atoms. The molecule has 2 aromatic carbocycles. The van der Waals surface area contributed by atoms with Crippen molar-refractivity contribution in [3.05, 3.63) is 71.4 Å². The van der Waals surface area contributed by atoms with Gasteiger partial charge in [-0.3, -0.25) is 0 Å². The minimum atomic E-state index is 1.07. The van der Waals surface area contributed by atoms with E-state index in [0.717, 1.165) is 25.9 Å². The molecule has 4 rings (SSSR count). The van der Waals surface area contributed by atoms with Crippen LogP contribution in [0.2, 0.25) is 0 Å². The zero-order valence-corrected chi connectivity index (χ0v) is 13.8. The predicted molar refractivity (Wildman–Crippen MR) is 97.0 cm³/mol. The van der Waals surface area contributed by atoms with E-state index < -0.39 is 0 Å². The van der Waals surface area contributed by atoms with Crippen LogP contribution in [0.5, 0.6) is 0 Å². The minimum Gasteiger partial charge on any atom is -0.344 e. The molecule has 2 nitrogen and oxygen atoms in total. The summed E-state index contributed by atoms with van der Waals surface area (Å²) >= 11 is 0. The fourth-order valence-electron chi connectivity index (χ4n) is 3.84. The molecule has 3 aromatic rings. The molecule has 0 fully saturated rings. The van der Waals surface area contributed by atoms with Crippen molar-refractivity contribution < 1.29 is 0 Å². The summed E-state index contributed by atoms with van der Waals surface area (Å²) in [6.45, 7) is 3.40. The van der Waals surface area contributed by atoms with Crippen LogP contribution < -0.4 is 0 Å². The monoisotopic (exact) mass is 304 g/mol. The summed E-state index contributed by atoms with van der Waals surface area (Å²) in [5, 5.41) is 1.46. The highest BCUT2D eigenvalue weighted by molar-refractivity contribution is 5.85. The molecule has 0 atom stereocenters. The molecule has 1 aromatic heterocycles. The topological polar surface area (TPSA) is 8.17 Å². The molecule has 118 valence electrons. The van der Waals surface area contributed by atoms with Crippen molar-refractivity contribution >= 4 is 10.9 Å². The Morgan fingerprint density at radius 2 is 1.61 bits per heavy atom. The number of rotatable bonds is 3. The van der Waals surface area contributed by atoms with Gasteiger partial charge < -0.3 is 9.47 Å². The number of para-hydroxylation sites is 1. The highest BCUT2D eigenvalue weighted by Gasteiger charge is 2.19. The van der Waals surface area contributed by atoms with E-state index in [9.17, 15) is 0 Å². The van der Waals surface area contributed by atoms with Gasteiger partial charge in [0.25, 0.3) is 0 Å². The van der Waals surface area contributed by atoms with E-state index in [0.29, 0.717) is 0 Å². The number of aryl methyl sites for hydroxylation is 2. The summed E-state index contributed by atoms with van der Waals surface area (Å²) < 4.78 is 2.58. The van der Waals surface area contributed by atoms with Gasteiger partial charge in [-0.15, -0.1) is 0 Å². The third-order valence-corrected chi connectivity index (χ3v) is 5.13. The van der Waals surface area contributed by atoms with Crippen molar-refractivity contribution in [1.29, 1.82) is 0 Å². The molecule has 0 N–H and O–H groups in total. The maximum Gasteiger partial charge on any atom is 0.0485 e. The minimum absolute atomic E-state index is 1.07. The van der Waals surface area contributed by atoms with E-state index in [2.05, 4.69) is 71.1 Å². The van der Waals surface area contributed by atoms with Crippen molar-refractivity contribution in [2.45, 2.75) is 25.8 Å². The summed E-state index contributed by atoms with van der Waals surface area (Å²) in [4.78, 5) is 2.45. The molecule has 0 saturated carbocycles. The first kappa shape index (κ1) is 14.5. The van der Waals surface area contributed by atoms with Gasteiger partial charge in [0.05, 0.1) is 0 Å². The van der Waals surface area contributed by atoms with Crippen molar-refractivity contribution in [1.82, 2.24) is 9.47 Å². The first-order valence-corrected chi connectivity index (χ1v) is 8.64. The maximum absolute atomic E-state index is 2.58. The molecule has 0 radical (unpaired) electrons. The fourth-order valence-corrected chi connectivity index (χ4v) is 3.84. The van der Waals surface area contributed by atoms with Gasteiger partial charge in [0.2, 0.25) is 0 Å². The molecule has 2 heteroatoms. The Morgan fingerprint density at radius 1 is 0.870 bits per heavy atom. The lowest BCUT2D eigenvalue weighted by molar-refractivity contribution is 0.351. The third-order valence-electron chi connectivity index (χ3n) is 5.13. The largest absolute Gasteiger partial charge is 0.344 e. The van der Waals surface area contributed by atoms with Gasteiger partial charge in [-0.2, -0.15) is 0 Å². The summed E-state index contributed by atoms with van der Waals surface area (Å²) in [6.07, 6.45) is 3.43. The van der Waals surface area contributed by atoms with Gasteiger partial charge in [-0.1, -0.05) is 48.5 Å². The highest BCUT2D eigenvalue weighted by Crippen LogP contribution is 2.29. The molecule has 0 spiro atoms. The smallest absolute Gasteiger partial charge is 0.0485 e. The summed E-state index contributed by atoms with van der Waals surface area (Å²) in [7, 11) is 2.24. The number of hydrogen-bond acceptors (Lipinski definition) is 1. The SMILES string of the molecule is CN1CCc2c(n(CCc3ccccc3)c3ccccc23)CC1. The van der Waals surface area contributed by atoms with Crippen LogP contribution in [0.25, 0.3) is 10.9 Å². The fraction of sp³-hybridized carbons (Fsp3) is 0.333. The first-order valence-electron chi connectivity index (χ1n) is 8.64. The van der Waals surface area contributed by atoms with Gasteiger partial charge in [0, 0.05) is 42.7 Å². The lowest BCUT2D eigenvalue weighted by atomic mass is 10.1. The second-order valence-electron chi connectivity index (χ2n) is 6.63. The van der Waals surface area contributed by atoms with Crippen LogP contribution in [0.3, 0.4) is 0 Å². The van der Waals surface area contributed by atoms with E-state index in [-0.39, 0.29) is 0 Å². The number of likely N-dealkylation sites (N-methyl/N-ethyl adjacent to an activating group) is 1. The normalized spacial score (nSPS) is 15.5. The van der Waals surface area contributed by atoms with Gasteiger partial charge in [-0.25, -0.2) is 0 Å². The Morgan fingerprint density at radius 3 is 2.48 bits per heavy atom. The van der Waals surface area contributed by atoms with E-state index >= 15 is 0 Å². The zero-order valence-electron chi connectivity index (χ0n) is 13.8. The molecule has 0 aliphatic carbocycles. The van der Waals surface area contributed by atoms with Gasteiger partial charge in [-0.05, 0) is 37.1 Å². The molecule has 0 saturated heterocycles. The van der Waals surface area contributed by atoms with Gasteiger partial charge >= 0.3 is 0 Å². The Labute approximate surface area is 138 Å². The molecular formula is C21H24N2. The average molecular weight is 304 g/mol. The zero-order chi connectivity index (χ0) is 15.6. The van der Waals surface area contributed by atoms with Crippen LogP contribution in [-0.2, 0) is 25.8 Å². The van der Waals surface area contributed by atoms with E-state index in [1.165, 1.54) is 29.4 Å². The second kappa shape index (κ2) is 6.21. The molecule has 0 bridgehead atoms. The number of aromatic nitrogens is 1. The van der Waals surface area contributed by atoms with E-state index in [4.69, 9.17) is 0 Å². The predicted octanol–water partition coefficient (Wildman–Crippen LogP) is 3.91. The average Bonchev–Trinajstić information content (AvgIpc) is 2.76. The Hall–Kier alpha value is -2.06. The number of fused-ring (bicyclic) bond motifs is 3. The van der Waals surface area contributed by atoms with E-state index in [1.807, 2.05) is 0 Å². The van der Waals surface area contributed by atoms with Gasteiger partial charge in [0.1, 0.15) is 0 Å². The number of hydrogen-bond donors (Lipinski definition) is 0. The Balaban J connectivity index is 1.73. The quantitative estimate of drug-likeness (QED) is 0.712. The lowest BCUT2D eigenvalue weighted by Gasteiger charge is -2.14. The van der Waals surface area contributed by atoms with Crippen LogP contribution in [0, 0.1) is 0 Å². The Bertz CT molecular complexity index is 801. The summed E-state index contributed by atoms with van der Waals surface area (Å²) in [5.74, 6) is 0. The molecular weight excluding hydrogens is 280 g/mol. The number of benzene rings is 2. The van der Waals surface area contributed by atoms with Crippen molar-refractivity contribution in [3.8, 4) is 0 Å². The van der Waals surface area contributed by atoms with Crippen LogP contribution in [-0.4, -0.2) is 29.6 Å². The standard InChI is InChI=1S/C21H24N2/c1-22-14-12-19-18-9-5-6-10-20(18)23(21(19)13-15-22)16-11-17-7-3-2-4-8-17/h2-10H,11-16H2,1H3. The highest BCUT2D eigenvalue weighted by atomic mass is 15.1. The summed E-state index contributed by atoms with van der Waals surface area (Å²) in [6, 6.07) is 19.8. The van der Waals surface area contributed by atoms with Crippen molar-refractivity contribution in [3.63, 3.8) is 0 Å². The third kappa shape index (κ3) is 2.79. The summed E-state index contributed by atoms with van der Waals surface area (Å²) in [5.41, 5.74) is 5.98. The van der Waals surface area contributed by atoms with Crippen LogP contribution >= 0.6 is 0 Å². The molecule has 1 aliphatic heterocycles. The molecule has 0 amide bonds. The van der Waals surface area contributed by atoms with Crippen molar-refractivity contribution in [2.75, 3.05) is 20.1 Å². The number of nitrogens with zero attached hydrogens (tertiary/aromatic N) is 2. The van der Waals surface area contributed by atoms with Crippen LogP contribution in [0.4, 0.5) is 0 Å². The Kier molecular flexibility index (Phi) is 3.92. The van der Waals surface area contributed by atoms with Crippen molar-refractivity contribution in [2.24, 2.45) is 0 Å².